The van der Waals surface area contributed by atoms with Crippen molar-refractivity contribution in [1.29, 1.82) is 0 Å². The van der Waals surface area contributed by atoms with Crippen molar-refractivity contribution in [2.24, 2.45) is 0 Å². The predicted molar refractivity (Wildman–Crippen MR) is 131 cm³/mol. The third-order valence-electron chi connectivity index (χ3n) is 6.41. The Hall–Kier alpha value is -2.68. The summed E-state index contributed by atoms with van der Waals surface area (Å²) in [6, 6.07) is 12.8. The number of allylic oxidation sites excluding steroid dienone is 1. The maximum absolute atomic E-state index is 13.1. The zero-order chi connectivity index (χ0) is 23.6. The van der Waals surface area contributed by atoms with Crippen LogP contribution >= 0.6 is 0 Å². The van der Waals surface area contributed by atoms with Crippen LogP contribution in [0.1, 0.15) is 16.7 Å². The highest BCUT2D eigenvalue weighted by atomic mass is 32.2. The number of benzene rings is 2. The summed E-state index contributed by atoms with van der Waals surface area (Å²) in [5.41, 5.74) is 4.57. The number of amides is 1. The van der Waals surface area contributed by atoms with E-state index in [1.165, 1.54) is 21.1 Å². The van der Waals surface area contributed by atoms with E-state index in [0.717, 1.165) is 18.7 Å². The van der Waals surface area contributed by atoms with E-state index in [4.69, 9.17) is 0 Å². The molecular weight excluding hydrogens is 436 g/mol. The molecule has 0 spiro atoms. The van der Waals surface area contributed by atoms with Crippen molar-refractivity contribution in [3.63, 3.8) is 0 Å². The molecule has 0 aliphatic carbocycles. The fourth-order valence-corrected chi connectivity index (χ4v) is 5.93. The van der Waals surface area contributed by atoms with Crippen molar-refractivity contribution < 1.29 is 13.2 Å². The Labute approximate surface area is 196 Å². The van der Waals surface area contributed by atoms with E-state index in [0.29, 0.717) is 19.5 Å². The number of sulfonamides is 1. The summed E-state index contributed by atoms with van der Waals surface area (Å²) in [5.74, 6) is -0.0336. The highest BCUT2D eigenvalue weighted by Gasteiger charge is 2.38. The van der Waals surface area contributed by atoms with Crippen molar-refractivity contribution in [3.05, 3.63) is 71.8 Å². The molecule has 0 radical (unpaired) electrons. The minimum absolute atomic E-state index is 0.0336. The van der Waals surface area contributed by atoms with Gasteiger partial charge in [0.15, 0.2) is 0 Å². The maximum atomic E-state index is 13.1. The van der Waals surface area contributed by atoms with Gasteiger partial charge in [-0.1, -0.05) is 30.3 Å². The molecule has 176 valence electrons. The van der Waals surface area contributed by atoms with Crippen LogP contribution in [0.25, 0.3) is 0 Å². The molecule has 2 saturated heterocycles. The first-order valence-electron chi connectivity index (χ1n) is 11.3. The van der Waals surface area contributed by atoms with Crippen molar-refractivity contribution in [2.45, 2.75) is 31.2 Å². The van der Waals surface area contributed by atoms with Crippen LogP contribution in [0.2, 0.25) is 0 Å². The second kappa shape index (κ2) is 9.67. The number of rotatable bonds is 6. The molecule has 1 amide bonds. The van der Waals surface area contributed by atoms with Crippen LogP contribution in [0.4, 0.5) is 5.69 Å². The van der Waals surface area contributed by atoms with E-state index in [2.05, 4.69) is 48.8 Å². The van der Waals surface area contributed by atoms with Gasteiger partial charge < -0.3 is 9.80 Å². The molecule has 0 saturated carbocycles. The Kier molecular flexibility index (Phi) is 6.88. The molecule has 1 N–H and O–H groups in total. The number of anilines is 1. The van der Waals surface area contributed by atoms with Gasteiger partial charge in [0.1, 0.15) is 6.04 Å². The van der Waals surface area contributed by atoms with Gasteiger partial charge in [-0.3, -0.25) is 10.1 Å². The molecule has 2 aromatic carbocycles. The summed E-state index contributed by atoms with van der Waals surface area (Å²) in [6.45, 7) is 11.0. The minimum Gasteiger partial charge on any atom is -0.368 e. The second-order valence-corrected chi connectivity index (χ2v) is 10.7. The molecule has 1 unspecified atom stereocenters. The Balaban J connectivity index is 1.37. The minimum atomic E-state index is -3.67. The fraction of sp³-hybridized carbons (Fsp3) is 0.400. The lowest BCUT2D eigenvalue weighted by atomic mass is 10.1. The predicted octanol–water partition coefficient (Wildman–Crippen LogP) is 2.30. The van der Waals surface area contributed by atoms with E-state index < -0.39 is 16.1 Å². The SMILES string of the molecule is C=CCc1cccc(S(=O)(=O)N2CNC(C(=O)N3CCN(c4cc(C)ccc4C)CC3)C2)c1. The van der Waals surface area contributed by atoms with Crippen molar-refractivity contribution in [2.75, 3.05) is 44.3 Å². The van der Waals surface area contributed by atoms with Gasteiger partial charge in [0.05, 0.1) is 11.6 Å². The Morgan fingerprint density at radius 3 is 2.61 bits per heavy atom. The number of carbonyl (C=O) groups excluding carboxylic acids is 1. The molecule has 2 aliphatic rings. The van der Waals surface area contributed by atoms with E-state index >= 15 is 0 Å². The summed E-state index contributed by atoms with van der Waals surface area (Å²) in [4.78, 5) is 17.5. The van der Waals surface area contributed by atoms with Gasteiger partial charge in [0.2, 0.25) is 15.9 Å². The van der Waals surface area contributed by atoms with Crippen molar-refractivity contribution in [3.8, 4) is 0 Å². The Morgan fingerprint density at radius 2 is 1.88 bits per heavy atom. The number of nitrogens with one attached hydrogen (secondary N) is 1. The molecule has 4 rings (SSSR count). The Morgan fingerprint density at radius 1 is 1.12 bits per heavy atom. The highest BCUT2D eigenvalue weighted by Crippen LogP contribution is 2.24. The van der Waals surface area contributed by atoms with Crippen LogP contribution in [0.15, 0.2) is 60.0 Å². The van der Waals surface area contributed by atoms with Crippen LogP contribution in [-0.2, 0) is 21.2 Å². The summed E-state index contributed by atoms with van der Waals surface area (Å²) in [5, 5.41) is 3.10. The molecule has 2 aliphatic heterocycles. The monoisotopic (exact) mass is 468 g/mol. The zero-order valence-electron chi connectivity index (χ0n) is 19.3. The molecule has 1 atom stereocenters. The molecule has 2 fully saturated rings. The Bertz CT molecular complexity index is 1140. The van der Waals surface area contributed by atoms with Gasteiger partial charge in [-0.25, -0.2) is 8.42 Å². The summed E-state index contributed by atoms with van der Waals surface area (Å²) < 4.78 is 27.6. The number of carbonyl (C=O) groups is 1. The first-order valence-corrected chi connectivity index (χ1v) is 12.8. The molecule has 0 aromatic heterocycles. The fourth-order valence-electron chi connectivity index (χ4n) is 4.49. The third kappa shape index (κ3) is 4.98. The molecule has 0 bridgehead atoms. The molecular formula is C25H32N4O3S. The van der Waals surface area contributed by atoms with E-state index in [9.17, 15) is 13.2 Å². The van der Waals surface area contributed by atoms with Gasteiger partial charge in [-0.05, 0) is 55.2 Å². The standard InChI is InChI=1S/C25H32N4O3S/c1-4-6-21-7-5-8-22(16-21)33(31,32)29-17-23(26-18-29)25(30)28-13-11-27(12-14-28)24-15-19(2)9-10-20(24)3/h4-5,7-10,15-16,23,26H,1,6,11-14,17-18H2,2-3H3. The molecule has 2 heterocycles. The van der Waals surface area contributed by atoms with Crippen LogP contribution in [0.5, 0.6) is 0 Å². The van der Waals surface area contributed by atoms with Crippen LogP contribution in [0.3, 0.4) is 0 Å². The zero-order valence-corrected chi connectivity index (χ0v) is 20.1. The normalized spacial score (nSPS) is 19.6. The van der Waals surface area contributed by atoms with Crippen LogP contribution in [0, 0.1) is 13.8 Å². The third-order valence-corrected chi connectivity index (χ3v) is 8.22. The number of hydrogen-bond acceptors (Lipinski definition) is 5. The smallest absolute Gasteiger partial charge is 0.244 e. The lowest BCUT2D eigenvalue weighted by Gasteiger charge is -2.37. The average molecular weight is 469 g/mol. The molecule has 2 aromatic rings. The van der Waals surface area contributed by atoms with Gasteiger partial charge in [0, 0.05) is 38.4 Å². The number of piperazine rings is 1. The largest absolute Gasteiger partial charge is 0.368 e. The second-order valence-electron chi connectivity index (χ2n) is 8.80. The van der Waals surface area contributed by atoms with Crippen LogP contribution < -0.4 is 10.2 Å². The highest BCUT2D eigenvalue weighted by molar-refractivity contribution is 7.89. The first kappa shape index (κ1) is 23.5. The van der Waals surface area contributed by atoms with Gasteiger partial charge >= 0.3 is 0 Å². The molecule has 8 heteroatoms. The number of nitrogens with zero attached hydrogens (tertiary/aromatic N) is 3. The van der Waals surface area contributed by atoms with Crippen LogP contribution in [-0.4, -0.2) is 69.0 Å². The van der Waals surface area contributed by atoms with Gasteiger partial charge in [0.25, 0.3) is 0 Å². The van der Waals surface area contributed by atoms with E-state index in [1.807, 2.05) is 11.0 Å². The number of hydrogen-bond donors (Lipinski definition) is 1. The first-order chi connectivity index (χ1) is 15.8. The topological polar surface area (TPSA) is 73.0 Å². The van der Waals surface area contributed by atoms with Gasteiger partial charge in [-0.2, -0.15) is 4.31 Å². The van der Waals surface area contributed by atoms with Crippen molar-refractivity contribution >= 4 is 21.6 Å². The summed E-state index contributed by atoms with van der Waals surface area (Å²) in [6.07, 6.45) is 2.36. The van der Waals surface area contributed by atoms with E-state index in [1.54, 1.807) is 24.3 Å². The lowest BCUT2D eigenvalue weighted by Crippen LogP contribution is -2.54. The number of aryl methyl sites for hydroxylation is 2. The summed E-state index contributed by atoms with van der Waals surface area (Å²) in [7, 11) is -3.67. The quantitative estimate of drug-likeness (QED) is 0.659. The van der Waals surface area contributed by atoms with E-state index in [-0.39, 0.29) is 24.0 Å². The summed E-state index contributed by atoms with van der Waals surface area (Å²) >= 11 is 0. The molecule has 33 heavy (non-hydrogen) atoms. The van der Waals surface area contributed by atoms with Crippen molar-refractivity contribution in [1.82, 2.24) is 14.5 Å². The molecule has 7 nitrogen and oxygen atoms in total. The maximum Gasteiger partial charge on any atom is 0.244 e. The average Bonchev–Trinajstić information content (AvgIpc) is 3.32. The van der Waals surface area contributed by atoms with Gasteiger partial charge in [-0.15, -0.1) is 6.58 Å². The lowest BCUT2D eigenvalue weighted by molar-refractivity contribution is -0.133.